The first-order valence-corrected chi connectivity index (χ1v) is 17.6. The second-order valence-corrected chi connectivity index (χ2v) is 13.0. The van der Waals surface area contributed by atoms with Crippen molar-refractivity contribution in [3.8, 4) is 11.5 Å². The summed E-state index contributed by atoms with van der Waals surface area (Å²) >= 11 is 15.1. The lowest BCUT2D eigenvalue weighted by Gasteiger charge is -2.31. The van der Waals surface area contributed by atoms with Gasteiger partial charge in [-0.2, -0.15) is 0 Å². The summed E-state index contributed by atoms with van der Waals surface area (Å²) < 4.78 is 49.5. The van der Waals surface area contributed by atoms with Crippen molar-refractivity contribution >= 4 is 63.7 Å². The minimum Gasteiger partial charge on any atom is -0.488 e. The Hall–Kier alpha value is -0.280. The van der Waals surface area contributed by atoms with Gasteiger partial charge in [0.15, 0.2) is 25.2 Å². The SMILES string of the molecule is CCOC(C)OC(COc1ccc(C(C)(C)c2c(Br)c(Br)c(OCC(OCC)OC(C)OCC)c(Br)c2Br)cc1)OCC. The second-order valence-electron chi connectivity index (χ2n) is 9.82. The number of rotatable bonds is 20. The van der Waals surface area contributed by atoms with Crippen LogP contribution in [0.3, 0.4) is 0 Å². The normalized spacial score (nSPS) is 14.8. The first-order chi connectivity index (χ1) is 20.4. The Morgan fingerprint density at radius 1 is 0.605 bits per heavy atom. The lowest BCUT2D eigenvalue weighted by atomic mass is 9.78. The van der Waals surface area contributed by atoms with Gasteiger partial charge in [0.25, 0.3) is 0 Å². The zero-order chi connectivity index (χ0) is 32.2. The maximum absolute atomic E-state index is 6.21. The lowest BCUT2D eigenvalue weighted by Crippen LogP contribution is -2.30. The van der Waals surface area contributed by atoms with Crippen LogP contribution in [0.5, 0.6) is 11.5 Å². The van der Waals surface area contributed by atoms with E-state index in [1.165, 1.54) is 0 Å². The Morgan fingerprint density at radius 3 is 1.44 bits per heavy atom. The predicted molar refractivity (Wildman–Crippen MR) is 182 cm³/mol. The monoisotopic (exact) mass is 860 g/mol. The van der Waals surface area contributed by atoms with E-state index in [4.69, 9.17) is 37.9 Å². The average Bonchev–Trinajstić information content (AvgIpc) is 2.95. The highest BCUT2D eigenvalue weighted by atomic mass is 79.9. The summed E-state index contributed by atoms with van der Waals surface area (Å²) in [6, 6.07) is 8.02. The van der Waals surface area contributed by atoms with E-state index < -0.39 is 24.3 Å². The third-order valence-corrected chi connectivity index (χ3v) is 10.5. The molecule has 43 heavy (non-hydrogen) atoms. The molecule has 2 rings (SSSR count). The smallest absolute Gasteiger partial charge is 0.194 e. The minimum absolute atomic E-state index is 0.172. The molecule has 0 saturated carbocycles. The fourth-order valence-corrected chi connectivity index (χ4v) is 7.62. The molecule has 0 aromatic heterocycles. The summed E-state index contributed by atoms with van der Waals surface area (Å²) in [6.45, 7) is 18.2. The molecule has 0 aliphatic rings. The molecule has 12 heteroatoms. The zero-order valence-electron chi connectivity index (χ0n) is 26.1. The molecule has 4 atom stereocenters. The molecule has 0 amide bonds. The summed E-state index contributed by atoms with van der Waals surface area (Å²) in [5, 5.41) is 0. The molecule has 0 fully saturated rings. The molecule has 8 nitrogen and oxygen atoms in total. The summed E-state index contributed by atoms with van der Waals surface area (Å²) in [5.74, 6) is 1.33. The highest BCUT2D eigenvalue weighted by Crippen LogP contribution is 2.51. The van der Waals surface area contributed by atoms with Gasteiger partial charge in [-0.15, -0.1) is 0 Å². The second kappa shape index (κ2) is 19.4. The van der Waals surface area contributed by atoms with Gasteiger partial charge >= 0.3 is 0 Å². The molecule has 0 aliphatic carbocycles. The van der Waals surface area contributed by atoms with E-state index in [2.05, 4.69) is 89.7 Å². The van der Waals surface area contributed by atoms with Gasteiger partial charge in [-0.05, 0) is 129 Å². The predicted octanol–water partition coefficient (Wildman–Crippen LogP) is 9.34. The van der Waals surface area contributed by atoms with E-state index >= 15 is 0 Å². The summed E-state index contributed by atoms with van der Waals surface area (Å²) in [7, 11) is 0. The van der Waals surface area contributed by atoms with Gasteiger partial charge in [0, 0.05) is 40.8 Å². The van der Waals surface area contributed by atoms with Gasteiger partial charge < -0.3 is 37.9 Å². The fourth-order valence-electron chi connectivity index (χ4n) is 4.32. The summed E-state index contributed by atoms with van der Waals surface area (Å²) in [4.78, 5) is 0. The van der Waals surface area contributed by atoms with E-state index in [1.807, 2.05) is 53.7 Å². The molecule has 0 radical (unpaired) electrons. The number of halogens is 4. The van der Waals surface area contributed by atoms with E-state index in [1.54, 1.807) is 0 Å². The molecule has 2 aromatic rings. The molecule has 0 N–H and O–H groups in total. The van der Waals surface area contributed by atoms with Crippen LogP contribution in [0.2, 0.25) is 0 Å². The van der Waals surface area contributed by atoms with Crippen LogP contribution in [0.25, 0.3) is 0 Å². The van der Waals surface area contributed by atoms with Crippen molar-refractivity contribution in [1.82, 2.24) is 0 Å². The minimum atomic E-state index is -0.594. The van der Waals surface area contributed by atoms with Crippen molar-refractivity contribution in [1.29, 1.82) is 0 Å². The quantitative estimate of drug-likeness (QED) is 0.0964. The fraction of sp³-hybridized carbons (Fsp3) is 0.613. The third-order valence-electron chi connectivity index (χ3n) is 6.37. The molecule has 2 aromatic carbocycles. The molecule has 0 saturated heterocycles. The van der Waals surface area contributed by atoms with Crippen molar-refractivity contribution in [2.45, 2.75) is 86.0 Å². The largest absolute Gasteiger partial charge is 0.488 e. The van der Waals surface area contributed by atoms with Crippen LogP contribution in [0.4, 0.5) is 0 Å². The molecule has 0 aliphatic heterocycles. The van der Waals surface area contributed by atoms with Gasteiger partial charge in [-0.25, -0.2) is 0 Å². The van der Waals surface area contributed by atoms with Crippen molar-refractivity contribution in [2.24, 2.45) is 0 Å². The Bertz CT molecular complexity index is 1090. The van der Waals surface area contributed by atoms with E-state index in [-0.39, 0.29) is 19.5 Å². The summed E-state index contributed by atoms with van der Waals surface area (Å²) in [6.07, 6.45) is -1.93. The zero-order valence-corrected chi connectivity index (χ0v) is 32.5. The Balaban J connectivity index is 2.23. The van der Waals surface area contributed by atoms with E-state index in [9.17, 15) is 0 Å². The Kier molecular flexibility index (Phi) is 17.5. The average molecular weight is 864 g/mol. The maximum atomic E-state index is 6.21. The summed E-state index contributed by atoms with van der Waals surface area (Å²) in [5.41, 5.74) is 1.71. The van der Waals surface area contributed by atoms with Crippen LogP contribution in [0, 0.1) is 0 Å². The van der Waals surface area contributed by atoms with E-state index in [0.717, 1.165) is 29.0 Å². The van der Waals surface area contributed by atoms with Crippen LogP contribution in [0.1, 0.15) is 66.5 Å². The van der Waals surface area contributed by atoms with Crippen LogP contribution >= 0.6 is 63.7 Å². The topological polar surface area (TPSA) is 73.8 Å². The number of benzene rings is 2. The number of hydrogen-bond acceptors (Lipinski definition) is 8. The molecule has 4 unspecified atom stereocenters. The third kappa shape index (κ3) is 11.5. The van der Waals surface area contributed by atoms with Crippen LogP contribution in [0.15, 0.2) is 42.2 Å². The van der Waals surface area contributed by atoms with Gasteiger partial charge in [-0.1, -0.05) is 26.0 Å². The van der Waals surface area contributed by atoms with E-state index in [0.29, 0.717) is 37.9 Å². The van der Waals surface area contributed by atoms with Crippen molar-refractivity contribution in [2.75, 3.05) is 39.6 Å². The maximum Gasteiger partial charge on any atom is 0.194 e. The highest BCUT2D eigenvalue weighted by Gasteiger charge is 2.33. The Morgan fingerprint density at radius 2 is 1.02 bits per heavy atom. The van der Waals surface area contributed by atoms with Crippen LogP contribution < -0.4 is 9.47 Å². The van der Waals surface area contributed by atoms with Gasteiger partial charge in [0.05, 0.1) is 8.95 Å². The molecule has 0 spiro atoms. The Labute approximate surface area is 290 Å². The first-order valence-electron chi connectivity index (χ1n) is 14.4. The van der Waals surface area contributed by atoms with Gasteiger partial charge in [0.2, 0.25) is 0 Å². The molecular formula is C31H44Br4O8. The lowest BCUT2D eigenvalue weighted by molar-refractivity contribution is -0.244. The first kappa shape index (κ1) is 38.9. The standard InChI is InChI=1S/C31H44Br4O8/c1-9-36-19(5)42-23(38-11-3)17-40-22-15-13-21(14-16-22)31(7,8)25-26(32)28(34)30(29(35)27(25)33)41-18-24(39-12-4)43-20(6)37-10-2/h13-16,19-20,23-24H,9-12,17-18H2,1-8H3. The van der Waals surface area contributed by atoms with Crippen LogP contribution in [-0.2, 0) is 33.8 Å². The van der Waals surface area contributed by atoms with Crippen LogP contribution in [-0.4, -0.2) is 64.8 Å². The molecule has 0 heterocycles. The number of hydrogen-bond donors (Lipinski definition) is 0. The van der Waals surface area contributed by atoms with Crippen molar-refractivity contribution in [3.05, 3.63) is 53.3 Å². The number of ether oxygens (including phenoxy) is 8. The molecular weight excluding hydrogens is 820 g/mol. The van der Waals surface area contributed by atoms with Crippen molar-refractivity contribution in [3.63, 3.8) is 0 Å². The van der Waals surface area contributed by atoms with Gasteiger partial charge in [0.1, 0.15) is 24.7 Å². The molecule has 244 valence electrons. The highest BCUT2D eigenvalue weighted by molar-refractivity contribution is 9.14. The van der Waals surface area contributed by atoms with Gasteiger partial charge in [-0.3, -0.25) is 0 Å². The molecule has 0 bridgehead atoms. The van der Waals surface area contributed by atoms with Crippen molar-refractivity contribution < 1.29 is 37.9 Å².